The molecular formula is C20H14N6O5. The van der Waals surface area contributed by atoms with Gasteiger partial charge in [0.1, 0.15) is 16.6 Å². The van der Waals surface area contributed by atoms with Crippen LogP contribution in [0.3, 0.4) is 0 Å². The molecule has 3 aromatic carbocycles. The first-order valence-corrected chi connectivity index (χ1v) is 9.00. The van der Waals surface area contributed by atoms with Gasteiger partial charge in [0.25, 0.3) is 17.3 Å². The van der Waals surface area contributed by atoms with Crippen molar-refractivity contribution >= 4 is 34.0 Å². The monoisotopic (exact) mass is 418 g/mol. The quantitative estimate of drug-likeness (QED) is 0.383. The van der Waals surface area contributed by atoms with Gasteiger partial charge >= 0.3 is 0 Å². The number of nitrogens with one attached hydrogen (secondary N) is 1. The van der Waals surface area contributed by atoms with E-state index in [1.54, 1.807) is 18.2 Å². The highest BCUT2D eigenvalue weighted by atomic mass is 16.6. The molecule has 1 aromatic heterocycles. The number of benzene rings is 3. The summed E-state index contributed by atoms with van der Waals surface area (Å²) in [6.45, 7) is 1.97. The molecule has 1 N–H and O–H groups in total. The Bertz CT molecular complexity index is 1350. The summed E-state index contributed by atoms with van der Waals surface area (Å²) < 4.78 is 0. The summed E-state index contributed by atoms with van der Waals surface area (Å²) in [5.41, 5.74) is 1.91. The lowest BCUT2D eigenvalue weighted by atomic mass is 10.1. The number of hydrogen-bond donors (Lipinski definition) is 1. The zero-order valence-corrected chi connectivity index (χ0v) is 16.1. The van der Waals surface area contributed by atoms with E-state index in [2.05, 4.69) is 15.5 Å². The second kappa shape index (κ2) is 7.63. The molecule has 11 heteroatoms. The molecule has 0 fully saturated rings. The summed E-state index contributed by atoms with van der Waals surface area (Å²) >= 11 is 0. The maximum absolute atomic E-state index is 12.6. The average molecular weight is 418 g/mol. The number of carbonyl (C=O) groups excluding carboxylic acids is 1. The van der Waals surface area contributed by atoms with E-state index in [4.69, 9.17) is 0 Å². The zero-order chi connectivity index (χ0) is 22.1. The van der Waals surface area contributed by atoms with Gasteiger partial charge in [-0.2, -0.15) is 4.80 Å². The lowest BCUT2D eigenvalue weighted by molar-refractivity contribution is -0.394. The van der Waals surface area contributed by atoms with Crippen LogP contribution in [0.5, 0.6) is 0 Å². The number of anilines is 1. The van der Waals surface area contributed by atoms with E-state index < -0.39 is 27.1 Å². The lowest BCUT2D eigenvalue weighted by Gasteiger charge is -2.05. The van der Waals surface area contributed by atoms with Gasteiger partial charge in [0.15, 0.2) is 0 Å². The number of rotatable bonds is 5. The second-order valence-electron chi connectivity index (χ2n) is 6.70. The van der Waals surface area contributed by atoms with E-state index >= 15 is 0 Å². The molecule has 0 saturated carbocycles. The summed E-state index contributed by atoms with van der Waals surface area (Å²) in [6.07, 6.45) is 0. The Morgan fingerprint density at radius 3 is 2.29 bits per heavy atom. The lowest BCUT2D eigenvalue weighted by Crippen LogP contribution is -2.14. The third-order valence-electron chi connectivity index (χ3n) is 4.54. The highest BCUT2D eigenvalue weighted by Crippen LogP contribution is 2.26. The summed E-state index contributed by atoms with van der Waals surface area (Å²) in [7, 11) is 0. The maximum atomic E-state index is 12.6. The molecule has 4 rings (SSSR count). The topological polar surface area (TPSA) is 146 Å². The number of aromatic nitrogens is 3. The highest BCUT2D eigenvalue weighted by molar-refractivity contribution is 6.07. The normalized spacial score (nSPS) is 10.7. The van der Waals surface area contributed by atoms with Gasteiger partial charge < -0.3 is 5.32 Å². The van der Waals surface area contributed by atoms with Crippen LogP contribution in [0.25, 0.3) is 16.7 Å². The smallest absolute Gasteiger partial charge is 0.289 e. The minimum absolute atomic E-state index is 0.293. The summed E-state index contributed by atoms with van der Waals surface area (Å²) in [5, 5.41) is 33.5. The number of carbonyl (C=O) groups is 1. The third kappa shape index (κ3) is 3.92. The van der Waals surface area contributed by atoms with Crippen molar-refractivity contribution in [2.45, 2.75) is 6.92 Å². The van der Waals surface area contributed by atoms with Crippen molar-refractivity contribution < 1.29 is 14.6 Å². The molecule has 0 bridgehead atoms. The molecular weight excluding hydrogens is 404 g/mol. The molecule has 0 aliphatic rings. The first kappa shape index (κ1) is 19.6. The minimum Gasteiger partial charge on any atom is -0.322 e. The van der Waals surface area contributed by atoms with Crippen molar-refractivity contribution in [3.05, 3.63) is 92.0 Å². The van der Waals surface area contributed by atoms with Crippen molar-refractivity contribution in [3.8, 4) is 5.69 Å². The first-order valence-electron chi connectivity index (χ1n) is 9.00. The maximum Gasteiger partial charge on any atom is 0.289 e. The number of fused-ring (bicyclic) bond motifs is 1. The molecule has 0 aliphatic heterocycles. The summed E-state index contributed by atoms with van der Waals surface area (Å²) in [5.74, 6) is -0.771. The van der Waals surface area contributed by atoms with Crippen molar-refractivity contribution in [1.29, 1.82) is 0 Å². The fourth-order valence-corrected chi connectivity index (χ4v) is 2.96. The van der Waals surface area contributed by atoms with E-state index in [0.29, 0.717) is 16.7 Å². The van der Waals surface area contributed by atoms with Crippen LogP contribution in [-0.2, 0) is 0 Å². The second-order valence-corrected chi connectivity index (χ2v) is 6.70. The molecule has 0 radical (unpaired) electrons. The van der Waals surface area contributed by atoms with E-state index in [1.807, 2.05) is 31.2 Å². The van der Waals surface area contributed by atoms with Crippen LogP contribution in [0.1, 0.15) is 15.9 Å². The number of aryl methyl sites for hydroxylation is 1. The SMILES string of the molecule is Cc1ccc(-n2nc3ccc(NC(=O)c4ccc([N+](=O)[O-])cc4[N+](=O)[O-])cc3n2)cc1. The van der Waals surface area contributed by atoms with Crippen LogP contribution in [0.15, 0.2) is 60.7 Å². The van der Waals surface area contributed by atoms with Gasteiger partial charge in [-0.15, -0.1) is 10.2 Å². The van der Waals surface area contributed by atoms with Crippen LogP contribution in [-0.4, -0.2) is 30.7 Å². The molecule has 4 aromatic rings. The number of hydrogen-bond acceptors (Lipinski definition) is 7. The van der Waals surface area contributed by atoms with Crippen LogP contribution in [0.4, 0.5) is 17.1 Å². The average Bonchev–Trinajstić information content (AvgIpc) is 3.17. The molecule has 31 heavy (non-hydrogen) atoms. The molecule has 1 amide bonds. The Morgan fingerprint density at radius 2 is 1.61 bits per heavy atom. The van der Waals surface area contributed by atoms with Crippen molar-refractivity contribution in [2.24, 2.45) is 0 Å². The molecule has 1 heterocycles. The van der Waals surface area contributed by atoms with Gasteiger partial charge in [0.05, 0.1) is 21.6 Å². The standard InChI is InChI=1S/C20H14N6O5/c1-12-2-5-14(6-3-12)24-22-17-9-4-13(10-18(17)23-24)21-20(27)16-8-7-15(25(28)29)11-19(16)26(30)31/h2-11H,1H3,(H,21,27). The fourth-order valence-electron chi connectivity index (χ4n) is 2.96. The molecule has 154 valence electrons. The van der Waals surface area contributed by atoms with Gasteiger partial charge in [-0.05, 0) is 43.3 Å². The predicted octanol–water partition coefficient (Wildman–Crippen LogP) is 3.80. The predicted molar refractivity (Wildman–Crippen MR) is 111 cm³/mol. The molecule has 0 aliphatic carbocycles. The third-order valence-corrected chi connectivity index (χ3v) is 4.54. The molecule has 0 atom stereocenters. The number of nitrogens with zero attached hydrogens (tertiary/aromatic N) is 5. The van der Waals surface area contributed by atoms with Crippen LogP contribution >= 0.6 is 0 Å². The Labute approximate surface area is 174 Å². The Balaban J connectivity index is 1.63. The Morgan fingerprint density at radius 1 is 0.903 bits per heavy atom. The van der Waals surface area contributed by atoms with E-state index in [9.17, 15) is 25.0 Å². The number of nitro benzene ring substituents is 2. The molecule has 11 nitrogen and oxygen atoms in total. The zero-order valence-electron chi connectivity index (χ0n) is 16.1. The van der Waals surface area contributed by atoms with Crippen LogP contribution in [0, 0.1) is 27.2 Å². The summed E-state index contributed by atoms with van der Waals surface area (Å²) in [6, 6.07) is 15.3. The largest absolute Gasteiger partial charge is 0.322 e. The van der Waals surface area contributed by atoms with Gasteiger partial charge in [0, 0.05) is 11.8 Å². The fraction of sp³-hybridized carbons (Fsp3) is 0.0500. The van der Waals surface area contributed by atoms with Crippen molar-refractivity contribution in [3.63, 3.8) is 0 Å². The molecule has 0 spiro atoms. The van der Waals surface area contributed by atoms with Crippen LogP contribution < -0.4 is 5.32 Å². The van der Waals surface area contributed by atoms with Gasteiger partial charge in [-0.1, -0.05) is 17.7 Å². The summed E-state index contributed by atoms with van der Waals surface area (Å²) in [4.78, 5) is 34.6. The first-order chi connectivity index (χ1) is 14.8. The minimum atomic E-state index is -0.835. The molecule has 0 unspecified atom stereocenters. The van der Waals surface area contributed by atoms with Gasteiger partial charge in [-0.25, -0.2) is 0 Å². The van der Waals surface area contributed by atoms with E-state index in [0.717, 1.165) is 29.4 Å². The highest BCUT2D eigenvalue weighted by Gasteiger charge is 2.24. The van der Waals surface area contributed by atoms with Gasteiger partial charge in [0.2, 0.25) is 0 Å². The Hall–Kier alpha value is -4.67. The number of amides is 1. The van der Waals surface area contributed by atoms with Crippen molar-refractivity contribution in [1.82, 2.24) is 15.0 Å². The van der Waals surface area contributed by atoms with E-state index in [-0.39, 0.29) is 5.56 Å². The number of nitro groups is 2. The molecule has 0 saturated heterocycles. The van der Waals surface area contributed by atoms with Crippen LogP contribution in [0.2, 0.25) is 0 Å². The number of non-ortho nitro benzene ring substituents is 1. The van der Waals surface area contributed by atoms with Gasteiger partial charge in [-0.3, -0.25) is 25.0 Å². The van der Waals surface area contributed by atoms with E-state index in [1.165, 1.54) is 4.80 Å². The van der Waals surface area contributed by atoms with Crippen molar-refractivity contribution in [2.75, 3.05) is 5.32 Å². The Kier molecular flexibility index (Phi) is 4.83.